The summed E-state index contributed by atoms with van der Waals surface area (Å²) in [5.74, 6) is 0.916. The highest BCUT2D eigenvalue weighted by Crippen LogP contribution is 2.14. The van der Waals surface area contributed by atoms with E-state index in [1.165, 1.54) is 0 Å². The lowest BCUT2D eigenvalue weighted by Gasteiger charge is -2.32. The number of piperazine rings is 1. The van der Waals surface area contributed by atoms with Crippen LogP contribution in [0.3, 0.4) is 0 Å². The highest BCUT2D eigenvalue weighted by molar-refractivity contribution is 5.76. The minimum atomic E-state index is 0.344. The fraction of sp³-hybridized carbons (Fsp3) is 0.917. The van der Waals surface area contributed by atoms with Gasteiger partial charge in [0.2, 0.25) is 5.91 Å². The smallest absolute Gasteiger partial charge is 0.222 e. The standard InChI is InChI=1S/C12H24N2O/c1-4-11(5-2)8-12(15)14-7-6-13-10(3)9-14/h10-11,13H,4-9H2,1-3H3. The second-order valence-corrected chi connectivity index (χ2v) is 4.58. The first-order valence-corrected chi connectivity index (χ1v) is 6.18. The summed E-state index contributed by atoms with van der Waals surface area (Å²) in [4.78, 5) is 14.0. The molecule has 1 saturated heterocycles. The summed E-state index contributed by atoms with van der Waals surface area (Å²) < 4.78 is 0. The molecule has 15 heavy (non-hydrogen) atoms. The Hall–Kier alpha value is -0.570. The first-order valence-electron chi connectivity index (χ1n) is 6.18. The highest BCUT2D eigenvalue weighted by atomic mass is 16.2. The van der Waals surface area contributed by atoms with Gasteiger partial charge in [0.15, 0.2) is 0 Å². The van der Waals surface area contributed by atoms with Crippen LogP contribution in [-0.2, 0) is 4.79 Å². The molecule has 1 atom stereocenters. The molecule has 3 heteroatoms. The summed E-state index contributed by atoms with van der Waals surface area (Å²) in [6.45, 7) is 9.17. The van der Waals surface area contributed by atoms with Gasteiger partial charge in [-0.1, -0.05) is 26.7 Å². The Labute approximate surface area is 93.2 Å². The van der Waals surface area contributed by atoms with Crippen molar-refractivity contribution in [3.63, 3.8) is 0 Å². The summed E-state index contributed by atoms with van der Waals surface area (Å²) in [7, 11) is 0. The number of amides is 1. The number of rotatable bonds is 4. The normalized spacial score (nSPS) is 22.1. The maximum absolute atomic E-state index is 12.0. The van der Waals surface area contributed by atoms with Crippen LogP contribution < -0.4 is 5.32 Å². The van der Waals surface area contributed by atoms with Gasteiger partial charge in [0.05, 0.1) is 0 Å². The molecule has 0 aromatic heterocycles. The van der Waals surface area contributed by atoms with Crippen LogP contribution >= 0.6 is 0 Å². The summed E-state index contributed by atoms with van der Waals surface area (Å²) in [5.41, 5.74) is 0. The fourth-order valence-electron chi connectivity index (χ4n) is 2.11. The van der Waals surface area contributed by atoms with Crippen molar-refractivity contribution >= 4 is 5.91 Å². The molecule has 1 rings (SSSR count). The molecule has 1 N–H and O–H groups in total. The Bertz CT molecular complexity index is 202. The van der Waals surface area contributed by atoms with E-state index < -0.39 is 0 Å². The van der Waals surface area contributed by atoms with Gasteiger partial charge in [0.25, 0.3) is 0 Å². The Morgan fingerprint density at radius 2 is 2.13 bits per heavy atom. The van der Waals surface area contributed by atoms with E-state index in [9.17, 15) is 4.79 Å². The van der Waals surface area contributed by atoms with Crippen LogP contribution in [-0.4, -0.2) is 36.5 Å². The third-order valence-corrected chi connectivity index (χ3v) is 3.34. The summed E-state index contributed by atoms with van der Waals surface area (Å²) in [6.07, 6.45) is 2.97. The lowest BCUT2D eigenvalue weighted by molar-refractivity contribution is -0.133. The van der Waals surface area contributed by atoms with Crippen molar-refractivity contribution in [2.75, 3.05) is 19.6 Å². The zero-order chi connectivity index (χ0) is 11.3. The van der Waals surface area contributed by atoms with E-state index in [1.807, 2.05) is 4.90 Å². The molecule has 3 nitrogen and oxygen atoms in total. The highest BCUT2D eigenvalue weighted by Gasteiger charge is 2.21. The van der Waals surface area contributed by atoms with Gasteiger partial charge in [-0.05, 0) is 12.8 Å². The Morgan fingerprint density at radius 1 is 1.47 bits per heavy atom. The predicted molar refractivity (Wildman–Crippen MR) is 62.7 cm³/mol. The van der Waals surface area contributed by atoms with Gasteiger partial charge in [-0.25, -0.2) is 0 Å². The van der Waals surface area contributed by atoms with Crippen LogP contribution in [0.4, 0.5) is 0 Å². The average Bonchev–Trinajstić information content (AvgIpc) is 2.25. The van der Waals surface area contributed by atoms with E-state index >= 15 is 0 Å². The molecule has 88 valence electrons. The van der Waals surface area contributed by atoms with Crippen molar-refractivity contribution in [2.24, 2.45) is 5.92 Å². The maximum Gasteiger partial charge on any atom is 0.222 e. The van der Waals surface area contributed by atoms with E-state index in [4.69, 9.17) is 0 Å². The van der Waals surface area contributed by atoms with Crippen molar-refractivity contribution in [1.82, 2.24) is 10.2 Å². The first-order chi connectivity index (χ1) is 7.17. The molecule has 1 amide bonds. The van der Waals surface area contributed by atoms with Gasteiger partial charge in [0.1, 0.15) is 0 Å². The van der Waals surface area contributed by atoms with Crippen LogP contribution in [0.15, 0.2) is 0 Å². The van der Waals surface area contributed by atoms with E-state index in [1.54, 1.807) is 0 Å². The van der Waals surface area contributed by atoms with E-state index in [-0.39, 0.29) is 0 Å². The number of hydrogen-bond acceptors (Lipinski definition) is 2. The summed E-state index contributed by atoms with van der Waals surface area (Å²) in [5, 5.41) is 3.35. The molecule has 1 unspecified atom stereocenters. The molecule has 1 aliphatic heterocycles. The number of carbonyl (C=O) groups excluding carboxylic acids is 1. The SMILES string of the molecule is CCC(CC)CC(=O)N1CCNC(C)C1. The molecular formula is C12H24N2O. The molecule has 0 aromatic carbocycles. The first kappa shape index (κ1) is 12.5. The third kappa shape index (κ3) is 3.82. The van der Waals surface area contributed by atoms with Gasteiger partial charge in [-0.3, -0.25) is 4.79 Å². The van der Waals surface area contributed by atoms with Crippen LogP contribution in [0, 0.1) is 5.92 Å². The number of nitrogens with zero attached hydrogens (tertiary/aromatic N) is 1. The molecule has 1 aliphatic rings. The van der Waals surface area contributed by atoms with Gasteiger partial charge >= 0.3 is 0 Å². The molecule has 1 fully saturated rings. The zero-order valence-electron chi connectivity index (χ0n) is 10.3. The zero-order valence-corrected chi connectivity index (χ0v) is 10.3. The molecule has 0 saturated carbocycles. The van der Waals surface area contributed by atoms with Crippen LogP contribution in [0.25, 0.3) is 0 Å². The third-order valence-electron chi connectivity index (χ3n) is 3.34. The maximum atomic E-state index is 12.0. The average molecular weight is 212 g/mol. The van der Waals surface area contributed by atoms with E-state index in [2.05, 4.69) is 26.1 Å². The predicted octanol–water partition coefficient (Wildman–Crippen LogP) is 1.63. The van der Waals surface area contributed by atoms with E-state index in [0.29, 0.717) is 17.9 Å². The Morgan fingerprint density at radius 3 is 2.67 bits per heavy atom. The minimum absolute atomic E-state index is 0.344. The molecule has 0 aromatic rings. The minimum Gasteiger partial charge on any atom is -0.340 e. The van der Waals surface area contributed by atoms with Crippen molar-refractivity contribution < 1.29 is 4.79 Å². The van der Waals surface area contributed by atoms with Crippen molar-refractivity contribution in [3.8, 4) is 0 Å². The van der Waals surface area contributed by atoms with Crippen molar-refractivity contribution in [3.05, 3.63) is 0 Å². The topological polar surface area (TPSA) is 32.3 Å². The molecule has 0 bridgehead atoms. The lowest BCUT2D eigenvalue weighted by atomic mass is 9.98. The number of nitrogens with one attached hydrogen (secondary N) is 1. The second kappa shape index (κ2) is 6.11. The van der Waals surface area contributed by atoms with Crippen molar-refractivity contribution in [1.29, 1.82) is 0 Å². The van der Waals surface area contributed by atoms with Crippen LogP contribution in [0.5, 0.6) is 0 Å². The molecule has 0 aliphatic carbocycles. The Balaban J connectivity index is 2.38. The fourth-order valence-corrected chi connectivity index (χ4v) is 2.11. The van der Waals surface area contributed by atoms with Gasteiger partial charge < -0.3 is 10.2 Å². The van der Waals surface area contributed by atoms with Crippen molar-refractivity contribution in [2.45, 2.75) is 46.1 Å². The second-order valence-electron chi connectivity index (χ2n) is 4.58. The molecule has 1 heterocycles. The summed E-state index contributed by atoms with van der Waals surface area (Å²) >= 11 is 0. The van der Waals surface area contributed by atoms with Crippen LogP contribution in [0.2, 0.25) is 0 Å². The largest absolute Gasteiger partial charge is 0.340 e. The molecule has 0 spiro atoms. The number of hydrogen-bond donors (Lipinski definition) is 1. The van der Waals surface area contributed by atoms with Gasteiger partial charge in [-0.2, -0.15) is 0 Å². The molecular weight excluding hydrogens is 188 g/mol. The monoisotopic (exact) mass is 212 g/mol. The van der Waals surface area contributed by atoms with Crippen LogP contribution in [0.1, 0.15) is 40.0 Å². The summed E-state index contributed by atoms with van der Waals surface area (Å²) in [6, 6.07) is 0.449. The lowest BCUT2D eigenvalue weighted by Crippen LogP contribution is -2.51. The quantitative estimate of drug-likeness (QED) is 0.768. The van der Waals surface area contributed by atoms with Gasteiger partial charge in [0, 0.05) is 32.1 Å². The number of carbonyl (C=O) groups is 1. The van der Waals surface area contributed by atoms with E-state index in [0.717, 1.165) is 38.9 Å². The molecule has 0 radical (unpaired) electrons. The van der Waals surface area contributed by atoms with Gasteiger partial charge in [-0.15, -0.1) is 0 Å². The Kier molecular flexibility index (Phi) is 5.09.